The van der Waals surface area contributed by atoms with Crippen molar-refractivity contribution in [2.24, 2.45) is 0 Å². The third kappa shape index (κ3) is 3.54. The van der Waals surface area contributed by atoms with Crippen molar-refractivity contribution < 1.29 is 23.5 Å². The number of ether oxygens (including phenoxy) is 2. The van der Waals surface area contributed by atoms with E-state index >= 15 is 0 Å². The number of methoxy groups -OCH3 is 1. The van der Waals surface area contributed by atoms with Crippen LogP contribution in [-0.2, 0) is 22.5 Å². The summed E-state index contributed by atoms with van der Waals surface area (Å²) in [6.07, 6.45) is -0.519. The summed E-state index contributed by atoms with van der Waals surface area (Å²) in [6, 6.07) is 11.7. The Kier molecular flexibility index (Phi) is 5.21. The van der Waals surface area contributed by atoms with Gasteiger partial charge in [-0.25, -0.2) is 9.18 Å². The summed E-state index contributed by atoms with van der Waals surface area (Å²) < 4.78 is 24.1. The lowest BCUT2D eigenvalue weighted by molar-refractivity contribution is -0.141. The fourth-order valence-corrected chi connectivity index (χ4v) is 3.05. The van der Waals surface area contributed by atoms with E-state index in [2.05, 4.69) is 0 Å². The number of likely N-dealkylation sites (N-methyl/N-ethyl adjacent to an activating group) is 1. The van der Waals surface area contributed by atoms with E-state index in [4.69, 9.17) is 9.47 Å². The maximum absolute atomic E-state index is 13.9. The van der Waals surface area contributed by atoms with Gasteiger partial charge in [-0.2, -0.15) is 0 Å². The molecule has 0 spiro atoms. The van der Waals surface area contributed by atoms with Gasteiger partial charge in [-0.05, 0) is 36.2 Å². The van der Waals surface area contributed by atoms with E-state index in [0.29, 0.717) is 24.1 Å². The first-order chi connectivity index (χ1) is 12.5. The van der Waals surface area contributed by atoms with Crippen LogP contribution in [0.5, 0.6) is 5.75 Å². The average Bonchev–Trinajstić information content (AvgIpc) is 2.65. The zero-order valence-electron chi connectivity index (χ0n) is 14.7. The highest BCUT2D eigenvalue weighted by molar-refractivity contribution is 5.95. The van der Waals surface area contributed by atoms with E-state index in [1.807, 2.05) is 19.1 Å². The second kappa shape index (κ2) is 7.56. The summed E-state index contributed by atoms with van der Waals surface area (Å²) in [5, 5.41) is 0. The molecule has 0 N–H and O–H groups in total. The Hall–Kier alpha value is -2.89. The van der Waals surface area contributed by atoms with Crippen molar-refractivity contribution in [3.05, 3.63) is 65.0 Å². The zero-order valence-corrected chi connectivity index (χ0v) is 14.7. The highest BCUT2D eigenvalue weighted by Gasteiger charge is 2.33. The number of carbonyl (C=O) groups excluding carboxylic acids is 2. The smallest absolute Gasteiger partial charge is 0.339 e. The number of fused-ring (bicyclic) bond motifs is 1. The minimum Gasteiger partial charge on any atom is -0.494 e. The number of hydrogen-bond acceptors (Lipinski definition) is 4. The molecule has 1 amide bonds. The third-order valence-electron chi connectivity index (χ3n) is 4.45. The molecule has 5 nitrogen and oxygen atoms in total. The number of nitrogens with zero attached hydrogens (tertiary/aromatic N) is 1. The molecule has 0 fully saturated rings. The van der Waals surface area contributed by atoms with Gasteiger partial charge in [0.15, 0.2) is 17.7 Å². The predicted molar refractivity (Wildman–Crippen MR) is 93.4 cm³/mol. The van der Waals surface area contributed by atoms with Gasteiger partial charge in [0.1, 0.15) is 0 Å². The summed E-state index contributed by atoms with van der Waals surface area (Å²) >= 11 is 0. The third-order valence-corrected chi connectivity index (χ3v) is 4.45. The molecule has 1 aliphatic heterocycles. The number of amides is 1. The Morgan fingerprint density at radius 1 is 1.31 bits per heavy atom. The first-order valence-corrected chi connectivity index (χ1v) is 8.43. The van der Waals surface area contributed by atoms with Crippen molar-refractivity contribution in [1.29, 1.82) is 0 Å². The van der Waals surface area contributed by atoms with E-state index < -0.39 is 17.9 Å². The van der Waals surface area contributed by atoms with Gasteiger partial charge < -0.3 is 14.4 Å². The Balaban J connectivity index is 1.75. The topological polar surface area (TPSA) is 55.8 Å². The highest BCUT2D eigenvalue weighted by atomic mass is 19.1. The Morgan fingerprint density at radius 3 is 2.77 bits per heavy atom. The first kappa shape index (κ1) is 17.9. The molecule has 3 rings (SSSR count). The van der Waals surface area contributed by atoms with Crippen LogP contribution in [0.25, 0.3) is 0 Å². The summed E-state index contributed by atoms with van der Waals surface area (Å²) in [7, 11) is 1.40. The number of benzene rings is 2. The molecular weight excluding hydrogens is 337 g/mol. The van der Waals surface area contributed by atoms with Gasteiger partial charge in [0.2, 0.25) is 0 Å². The average molecular weight is 357 g/mol. The monoisotopic (exact) mass is 357 g/mol. The Labute approximate surface area is 151 Å². The van der Waals surface area contributed by atoms with Crippen LogP contribution in [0.4, 0.5) is 4.39 Å². The van der Waals surface area contributed by atoms with Crippen molar-refractivity contribution in [1.82, 2.24) is 4.90 Å². The van der Waals surface area contributed by atoms with Crippen molar-refractivity contribution in [3.63, 3.8) is 0 Å². The van der Waals surface area contributed by atoms with Gasteiger partial charge >= 0.3 is 5.97 Å². The number of esters is 1. The summed E-state index contributed by atoms with van der Waals surface area (Å²) in [4.78, 5) is 26.5. The highest BCUT2D eigenvalue weighted by Crippen LogP contribution is 2.23. The molecule has 0 radical (unpaired) electrons. The van der Waals surface area contributed by atoms with E-state index in [9.17, 15) is 14.0 Å². The van der Waals surface area contributed by atoms with Gasteiger partial charge in [-0.3, -0.25) is 4.79 Å². The van der Waals surface area contributed by atoms with Crippen LogP contribution >= 0.6 is 0 Å². The minimum atomic E-state index is -0.861. The van der Waals surface area contributed by atoms with Gasteiger partial charge in [-0.1, -0.05) is 24.3 Å². The van der Waals surface area contributed by atoms with Crippen LogP contribution < -0.4 is 4.74 Å². The van der Waals surface area contributed by atoms with Gasteiger partial charge in [0.05, 0.1) is 12.7 Å². The number of halogens is 1. The summed E-state index contributed by atoms with van der Waals surface area (Å²) in [5.74, 6) is -1.10. The van der Waals surface area contributed by atoms with Crippen LogP contribution in [0.2, 0.25) is 0 Å². The molecule has 1 atom stereocenters. The molecule has 1 aliphatic rings. The van der Waals surface area contributed by atoms with E-state index in [1.165, 1.54) is 19.2 Å². The fraction of sp³-hybridized carbons (Fsp3) is 0.300. The number of cyclic esters (lactones) is 1. The number of carbonyl (C=O) groups is 2. The van der Waals surface area contributed by atoms with Crippen molar-refractivity contribution in [3.8, 4) is 5.75 Å². The van der Waals surface area contributed by atoms with E-state index in [1.54, 1.807) is 23.1 Å². The standard InChI is InChI=1S/C20H20FNO4/c1-3-22(12-13-8-9-17(25-2)16(21)10-13)19(23)18-11-14-6-4-5-7-15(14)20(24)26-18/h4-10,18H,3,11-12H2,1-2H3/t18-/m0/s1. The van der Waals surface area contributed by atoms with Gasteiger partial charge in [-0.15, -0.1) is 0 Å². The maximum atomic E-state index is 13.9. The van der Waals surface area contributed by atoms with Crippen molar-refractivity contribution in [2.75, 3.05) is 13.7 Å². The lowest BCUT2D eigenvalue weighted by Crippen LogP contribution is -2.44. The quantitative estimate of drug-likeness (QED) is 0.772. The minimum absolute atomic E-state index is 0.154. The van der Waals surface area contributed by atoms with Crippen LogP contribution in [0.15, 0.2) is 42.5 Å². The molecule has 1 heterocycles. The van der Waals surface area contributed by atoms with E-state index in [-0.39, 0.29) is 18.2 Å². The van der Waals surface area contributed by atoms with Crippen molar-refractivity contribution in [2.45, 2.75) is 26.0 Å². The Bertz CT molecular complexity index is 836. The fourth-order valence-electron chi connectivity index (χ4n) is 3.05. The lowest BCUT2D eigenvalue weighted by Gasteiger charge is -2.29. The number of rotatable bonds is 5. The van der Waals surface area contributed by atoms with Crippen LogP contribution in [0.1, 0.15) is 28.4 Å². The van der Waals surface area contributed by atoms with Gasteiger partial charge in [0.25, 0.3) is 5.91 Å². The second-order valence-corrected chi connectivity index (χ2v) is 6.08. The molecule has 6 heteroatoms. The van der Waals surface area contributed by atoms with Crippen LogP contribution in [0.3, 0.4) is 0 Å². The molecule has 136 valence electrons. The first-order valence-electron chi connectivity index (χ1n) is 8.43. The largest absolute Gasteiger partial charge is 0.494 e. The molecule has 0 saturated carbocycles. The predicted octanol–water partition coefficient (Wildman–Crippen LogP) is 2.96. The molecule has 0 saturated heterocycles. The van der Waals surface area contributed by atoms with Crippen LogP contribution in [-0.4, -0.2) is 36.5 Å². The zero-order chi connectivity index (χ0) is 18.7. The molecule has 0 bridgehead atoms. The summed E-state index contributed by atoms with van der Waals surface area (Å²) in [5.41, 5.74) is 1.94. The second-order valence-electron chi connectivity index (χ2n) is 6.08. The van der Waals surface area contributed by atoms with E-state index in [0.717, 1.165) is 5.56 Å². The maximum Gasteiger partial charge on any atom is 0.339 e. The molecule has 0 aliphatic carbocycles. The lowest BCUT2D eigenvalue weighted by atomic mass is 9.98. The Morgan fingerprint density at radius 2 is 2.08 bits per heavy atom. The molecule has 2 aromatic rings. The molecule has 0 aromatic heterocycles. The number of hydrogen-bond donors (Lipinski definition) is 0. The van der Waals surface area contributed by atoms with Crippen molar-refractivity contribution >= 4 is 11.9 Å². The molecule has 0 unspecified atom stereocenters. The molecular formula is C20H20FNO4. The molecule has 2 aromatic carbocycles. The van der Waals surface area contributed by atoms with Gasteiger partial charge in [0, 0.05) is 19.5 Å². The summed E-state index contributed by atoms with van der Waals surface area (Å²) in [6.45, 7) is 2.48. The SMILES string of the molecule is CCN(Cc1ccc(OC)c(F)c1)C(=O)[C@@H]1Cc2ccccc2C(=O)O1. The molecule has 26 heavy (non-hydrogen) atoms. The normalized spacial score (nSPS) is 15.8. The van der Waals surface area contributed by atoms with Crippen LogP contribution in [0, 0.1) is 5.82 Å².